The number of carboxylic acid groups (broad SMARTS) is 1. The second kappa shape index (κ2) is 4.06. The lowest BCUT2D eigenvalue weighted by atomic mass is 10.1. The van der Waals surface area contributed by atoms with Crippen LogP contribution in [0.5, 0.6) is 5.75 Å². The topological polar surface area (TPSA) is 75.3 Å². The lowest BCUT2D eigenvalue weighted by molar-refractivity contribution is -0.137. The number of hydrogen-bond acceptors (Lipinski definition) is 3. The Morgan fingerprint density at radius 2 is 2.12 bits per heavy atom. The van der Waals surface area contributed by atoms with E-state index in [2.05, 4.69) is 4.98 Å². The van der Waals surface area contributed by atoms with Gasteiger partial charge in [0.25, 0.3) is 0 Å². The van der Waals surface area contributed by atoms with Gasteiger partial charge in [0.05, 0.1) is 18.2 Å². The maximum atomic E-state index is 10.6. The quantitative estimate of drug-likeness (QED) is 0.815. The predicted octanol–water partition coefficient (Wildman–Crippen LogP) is 1.34. The Balaban J connectivity index is 2.45. The first-order chi connectivity index (χ1) is 7.68. The molecule has 0 aliphatic rings. The zero-order valence-corrected chi connectivity index (χ0v) is 8.37. The van der Waals surface area contributed by atoms with Crippen molar-refractivity contribution in [3.63, 3.8) is 0 Å². The van der Waals surface area contributed by atoms with Gasteiger partial charge in [-0.3, -0.25) is 4.79 Å². The largest absolute Gasteiger partial charge is 0.507 e. The molecule has 0 atom stereocenters. The number of nitrogens with zero attached hydrogens (tertiary/aromatic N) is 2. The van der Waals surface area contributed by atoms with Crippen molar-refractivity contribution in [2.45, 2.75) is 6.54 Å². The highest BCUT2D eigenvalue weighted by molar-refractivity contribution is 5.70. The lowest BCUT2D eigenvalue weighted by Crippen LogP contribution is -2.08. The third kappa shape index (κ3) is 1.88. The van der Waals surface area contributed by atoms with Crippen LogP contribution in [0.1, 0.15) is 0 Å². The van der Waals surface area contributed by atoms with E-state index >= 15 is 0 Å². The molecule has 16 heavy (non-hydrogen) atoms. The number of para-hydroxylation sites is 1. The van der Waals surface area contributed by atoms with Gasteiger partial charge in [-0.05, 0) is 12.1 Å². The van der Waals surface area contributed by atoms with Crippen molar-refractivity contribution in [1.29, 1.82) is 0 Å². The molecule has 0 fully saturated rings. The fourth-order valence-corrected chi connectivity index (χ4v) is 1.51. The fraction of sp³-hybridized carbons (Fsp3) is 0.0909. The van der Waals surface area contributed by atoms with Crippen molar-refractivity contribution < 1.29 is 15.0 Å². The van der Waals surface area contributed by atoms with Crippen LogP contribution in [0.4, 0.5) is 0 Å². The number of carbonyl (C=O) groups is 1. The van der Waals surface area contributed by atoms with Gasteiger partial charge in [0, 0.05) is 5.56 Å². The molecule has 2 rings (SSSR count). The van der Waals surface area contributed by atoms with Gasteiger partial charge in [-0.2, -0.15) is 0 Å². The van der Waals surface area contributed by atoms with Gasteiger partial charge in [0.2, 0.25) is 0 Å². The Hall–Kier alpha value is -2.30. The van der Waals surface area contributed by atoms with Crippen LogP contribution in [0.3, 0.4) is 0 Å². The van der Waals surface area contributed by atoms with Gasteiger partial charge in [-0.1, -0.05) is 12.1 Å². The first-order valence-electron chi connectivity index (χ1n) is 4.69. The summed E-state index contributed by atoms with van der Waals surface area (Å²) < 4.78 is 1.47. The summed E-state index contributed by atoms with van der Waals surface area (Å²) in [6.45, 7) is -0.177. The number of imidazole rings is 1. The molecule has 0 bridgehead atoms. The molecule has 0 saturated heterocycles. The van der Waals surface area contributed by atoms with E-state index in [1.807, 2.05) is 0 Å². The van der Waals surface area contributed by atoms with Gasteiger partial charge in [-0.25, -0.2) is 4.98 Å². The van der Waals surface area contributed by atoms with Crippen LogP contribution < -0.4 is 0 Å². The van der Waals surface area contributed by atoms with Gasteiger partial charge in [0.15, 0.2) is 0 Å². The summed E-state index contributed by atoms with van der Waals surface area (Å²) in [5.41, 5.74) is 1.15. The van der Waals surface area contributed by atoms with Gasteiger partial charge < -0.3 is 14.8 Å². The molecule has 5 heteroatoms. The summed E-state index contributed by atoms with van der Waals surface area (Å²) in [6.07, 6.45) is 2.95. The summed E-state index contributed by atoms with van der Waals surface area (Å²) in [6, 6.07) is 6.74. The number of phenols is 1. The summed E-state index contributed by atoms with van der Waals surface area (Å²) in [5.74, 6) is -0.843. The molecule has 0 radical (unpaired) electrons. The molecular weight excluding hydrogens is 208 g/mol. The summed E-state index contributed by atoms with van der Waals surface area (Å²) in [4.78, 5) is 14.5. The first-order valence-corrected chi connectivity index (χ1v) is 4.69. The van der Waals surface area contributed by atoms with Crippen molar-refractivity contribution >= 4 is 5.97 Å². The van der Waals surface area contributed by atoms with Crippen molar-refractivity contribution in [3.8, 4) is 17.0 Å². The van der Waals surface area contributed by atoms with Crippen molar-refractivity contribution in [2.75, 3.05) is 0 Å². The van der Waals surface area contributed by atoms with Crippen LogP contribution in [-0.2, 0) is 11.3 Å². The average molecular weight is 218 g/mol. The number of aromatic hydroxyl groups is 1. The van der Waals surface area contributed by atoms with Crippen LogP contribution in [-0.4, -0.2) is 25.7 Å². The molecule has 0 unspecified atom stereocenters. The van der Waals surface area contributed by atoms with E-state index in [0.717, 1.165) is 0 Å². The highest BCUT2D eigenvalue weighted by Crippen LogP contribution is 2.27. The Morgan fingerprint density at radius 3 is 2.81 bits per heavy atom. The molecule has 0 spiro atoms. The Morgan fingerprint density at radius 1 is 1.38 bits per heavy atom. The minimum atomic E-state index is -0.949. The SMILES string of the molecule is O=C(O)Cn1cncc1-c1ccccc1O. The molecule has 0 aliphatic carbocycles. The summed E-state index contributed by atoms with van der Waals surface area (Å²) in [5, 5.41) is 18.4. The Kier molecular flexibility index (Phi) is 2.59. The standard InChI is InChI=1S/C11H10N2O3/c14-10-4-2-1-3-8(10)9-5-12-7-13(9)6-11(15)16/h1-5,7,14H,6H2,(H,15,16). The van der Waals surface area contributed by atoms with E-state index in [0.29, 0.717) is 11.3 Å². The number of phenolic OH excluding ortho intramolecular Hbond substituents is 1. The highest BCUT2D eigenvalue weighted by atomic mass is 16.4. The van der Waals surface area contributed by atoms with E-state index < -0.39 is 5.97 Å². The van der Waals surface area contributed by atoms with Gasteiger partial charge in [0.1, 0.15) is 12.3 Å². The smallest absolute Gasteiger partial charge is 0.323 e. The second-order valence-corrected chi connectivity index (χ2v) is 3.32. The number of carboxylic acids is 1. The van der Waals surface area contributed by atoms with Crippen molar-refractivity contribution in [3.05, 3.63) is 36.8 Å². The third-order valence-electron chi connectivity index (χ3n) is 2.20. The fourth-order valence-electron chi connectivity index (χ4n) is 1.51. The molecule has 1 heterocycles. The van der Waals surface area contributed by atoms with E-state index in [-0.39, 0.29) is 12.3 Å². The van der Waals surface area contributed by atoms with E-state index in [1.165, 1.54) is 17.1 Å². The highest BCUT2D eigenvalue weighted by Gasteiger charge is 2.10. The molecule has 5 nitrogen and oxygen atoms in total. The normalized spacial score (nSPS) is 10.2. The van der Waals surface area contributed by atoms with Crippen molar-refractivity contribution in [2.24, 2.45) is 0 Å². The third-order valence-corrected chi connectivity index (χ3v) is 2.20. The molecule has 0 aliphatic heterocycles. The number of benzene rings is 1. The predicted molar refractivity (Wildman–Crippen MR) is 57.0 cm³/mol. The van der Waals surface area contributed by atoms with Crippen LogP contribution in [0.2, 0.25) is 0 Å². The zero-order valence-electron chi connectivity index (χ0n) is 8.37. The second-order valence-electron chi connectivity index (χ2n) is 3.32. The summed E-state index contributed by atoms with van der Waals surface area (Å²) in [7, 11) is 0. The number of hydrogen-bond donors (Lipinski definition) is 2. The number of aliphatic carboxylic acids is 1. The van der Waals surface area contributed by atoms with Crippen LogP contribution in [0.25, 0.3) is 11.3 Å². The minimum Gasteiger partial charge on any atom is -0.507 e. The van der Waals surface area contributed by atoms with E-state index in [1.54, 1.807) is 24.3 Å². The van der Waals surface area contributed by atoms with Crippen LogP contribution in [0, 0.1) is 0 Å². The van der Waals surface area contributed by atoms with Gasteiger partial charge in [-0.15, -0.1) is 0 Å². The van der Waals surface area contributed by atoms with Crippen LogP contribution >= 0.6 is 0 Å². The lowest BCUT2D eigenvalue weighted by Gasteiger charge is -2.06. The maximum absolute atomic E-state index is 10.6. The first kappa shape index (κ1) is 10.2. The Bertz CT molecular complexity index is 519. The molecule has 0 amide bonds. The molecule has 82 valence electrons. The molecule has 0 saturated carbocycles. The van der Waals surface area contributed by atoms with Gasteiger partial charge >= 0.3 is 5.97 Å². The molecule has 2 aromatic rings. The molecular formula is C11H10N2O3. The zero-order chi connectivity index (χ0) is 11.5. The minimum absolute atomic E-state index is 0.106. The average Bonchev–Trinajstić information content (AvgIpc) is 2.66. The molecule has 1 aromatic carbocycles. The van der Waals surface area contributed by atoms with Crippen LogP contribution in [0.15, 0.2) is 36.8 Å². The van der Waals surface area contributed by atoms with E-state index in [4.69, 9.17) is 5.11 Å². The Labute approximate surface area is 91.6 Å². The summed E-state index contributed by atoms with van der Waals surface area (Å²) >= 11 is 0. The molecule has 2 N–H and O–H groups in total. The number of aromatic nitrogens is 2. The monoisotopic (exact) mass is 218 g/mol. The number of rotatable bonds is 3. The van der Waals surface area contributed by atoms with Crippen molar-refractivity contribution in [1.82, 2.24) is 9.55 Å². The molecule has 1 aromatic heterocycles. The maximum Gasteiger partial charge on any atom is 0.323 e. The van der Waals surface area contributed by atoms with E-state index in [9.17, 15) is 9.90 Å².